The molecule has 1 fully saturated rings. The van der Waals surface area contributed by atoms with Crippen molar-refractivity contribution in [2.45, 2.75) is 33.0 Å². The van der Waals surface area contributed by atoms with E-state index in [1.807, 2.05) is 20.8 Å². The molecule has 0 aromatic rings. The lowest BCUT2D eigenvalue weighted by Crippen LogP contribution is -2.48. The average molecular weight is 215 g/mol. The van der Waals surface area contributed by atoms with Crippen LogP contribution in [0.1, 0.15) is 20.8 Å². The smallest absolute Gasteiger partial charge is 0.412 e. The Morgan fingerprint density at radius 1 is 1.53 bits per heavy atom. The molecule has 1 aliphatic heterocycles. The fraction of sp³-hybridized carbons (Fsp3) is 0.800. The molecule has 1 saturated heterocycles. The predicted octanol–water partition coefficient (Wildman–Crippen LogP) is 1.02. The average Bonchev–Trinajstić information content (AvgIpc) is 2.59. The number of ether oxygens (including phenoxy) is 2. The fourth-order valence-electron chi connectivity index (χ4n) is 1.63. The van der Waals surface area contributed by atoms with Crippen LogP contribution in [0.2, 0.25) is 0 Å². The van der Waals surface area contributed by atoms with E-state index < -0.39 is 18.4 Å². The number of carbonyl (C=O) groups is 2. The van der Waals surface area contributed by atoms with Gasteiger partial charge in [-0.3, -0.25) is 4.90 Å². The zero-order chi connectivity index (χ0) is 11.6. The minimum absolute atomic E-state index is 0.237. The summed E-state index contributed by atoms with van der Waals surface area (Å²) in [6.07, 6.45) is -0.229. The van der Waals surface area contributed by atoms with Gasteiger partial charge in [-0.1, -0.05) is 20.8 Å². The standard InChI is InChI=1S/C10H17NO4/c1-10(2,3)8-11(9(13)14-4)7(5-12)6-15-8/h5,7-8H,6H2,1-4H3/t7-,8+/m0/s1. The van der Waals surface area contributed by atoms with Crippen LogP contribution in [0.3, 0.4) is 0 Å². The molecule has 15 heavy (non-hydrogen) atoms. The highest BCUT2D eigenvalue weighted by atomic mass is 16.6. The van der Waals surface area contributed by atoms with Gasteiger partial charge in [0.1, 0.15) is 18.6 Å². The van der Waals surface area contributed by atoms with Crippen LogP contribution in [0.25, 0.3) is 0 Å². The van der Waals surface area contributed by atoms with Gasteiger partial charge in [-0.05, 0) is 0 Å². The predicted molar refractivity (Wildman–Crippen MR) is 53.3 cm³/mol. The Bertz CT molecular complexity index is 259. The summed E-state index contributed by atoms with van der Waals surface area (Å²) in [6, 6.07) is -0.540. The number of amides is 1. The van der Waals surface area contributed by atoms with Crippen molar-refractivity contribution in [3.8, 4) is 0 Å². The lowest BCUT2D eigenvalue weighted by atomic mass is 9.93. The molecule has 1 aliphatic rings. The maximum absolute atomic E-state index is 11.5. The van der Waals surface area contributed by atoms with Crippen LogP contribution in [0.15, 0.2) is 0 Å². The van der Waals surface area contributed by atoms with E-state index in [-0.39, 0.29) is 12.0 Å². The topological polar surface area (TPSA) is 55.8 Å². The van der Waals surface area contributed by atoms with Crippen molar-refractivity contribution in [3.05, 3.63) is 0 Å². The molecule has 1 amide bonds. The molecule has 2 atom stereocenters. The number of aldehydes is 1. The molecule has 0 N–H and O–H groups in total. The van der Waals surface area contributed by atoms with Crippen LogP contribution in [-0.2, 0) is 14.3 Å². The summed E-state index contributed by atoms with van der Waals surface area (Å²) in [6.45, 7) is 6.07. The quantitative estimate of drug-likeness (QED) is 0.613. The monoisotopic (exact) mass is 215 g/mol. The van der Waals surface area contributed by atoms with Crippen molar-refractivity contribution in [3.63, 3.8) is 0 Å². The van der Waals surface area contributed by atoms with E-state index in [9.17, 15) is 9.59 Å². The minimum Gasteiger partial charge on any atom is -0.453 e. The highest BCUT2D eigenvalue weighted by molar-refractivity contribution is 5.74. The van der Waals surface area contributed by atoms with Crippen LogP contribution in [0, 0.1) is 5.41 Å². The Labute approximate surface area is 89.3 Å². The van der Waals surface area contributed by atoms with E-state index in [0.717, 1.165) is 0 Å². The highest BCUT2D eigenvalue weighted by Crippen LogP contribution is 2.31. The summed E-state index contributed by atoms with van der Waals surface area (Å²) in [5.41, 5.74) is -0.244. The van der Waals surface area contributed by atoms with E-state index in [0.29, 0.717) is 6.29 Å². The normalized spacial score (nSPS) is 26.5. The highest BCUT2D eigenvalue weighted by Gasteiger charge is 2.44. The van der Waals surface area contributed by atoms with Crippen molar-refractivity contribution in [2.24, 2.45) is 5.41 Å². The largest absolute Gasteiger partial charge is 0.453 e. The second kappa shape index (κ2) is 4.18. The van der Waals surface area contributed by atoms with E-state index >= 15 is 0 Å². The maximum atomic E-state index is 11.5. The molecule has 1 heterocycles. The zero-order valence-corrected chi connectivity index (χ0v) is 9.52. The van der Waals surface area contributed by atoms with Gasteiger partial charge in [0.05, 0.1) is 13.7 Å². The van der Waals surface area contributed by atoms with Gasteiger partial charge in [-0.25, -0.2) is 4.79 Å². The van der Waals surface area contributed by atoms with E-state index in [1.165, 1.54) is 12.0 Å². The third kappa shape index (κ3) is 2.28. The molecule has 1 rings (SSSR count). The van der Waals surface area contributed by atoms with Crippen molar-refractivity contribution in [2.75, 3.05) is 13.7 Å². The zero-order valence-electron chi connectivity index (χ0n) is 9.52. The van der Waals surface area contributed by atoms with Crippen molar-refractivity contribution >= 4 is 12.4 Å². The lowest BCUT2D eigenvalue weighted by molar-refractivity contribution is -0.111. The molecule has 0 saturated carbocycles. The van der Waals surface area contributed by atoms with Crippen LogP contribution >= 0.6 is 0 Å². The molecule has 0 aromatic carbocycles. The molecule has 0 bridgehead atoms. The SMILES string of the molecule is COC(=O)N1[C@@H](C=O)CO[C@@H]1C(C)(C)C. The molecule has 5 nitrogen and oxygen atoms in total. The number of hydrogen-bond acceptors (Lipinski definition) is 4. The summed E-state index contributed by atoms with van der Waals surface area (Å²) in [5.74, 6) is 0. The molecule has 5 heteroatoms. The first-order chi connectivity index (χ1) is 6.91. The fourth-order valence-corrected chi connectivity index (χ4v) is 1.63. The first-order valence-corrected chi connectivity index (χ1v) is 4.85. The molecular formula is C10H17NO4. The third-order valence-electron chi connectivity index (χ3n) is 2.32. The van der Waals surface area contributed by atoms with Gasteiger partial charge in [0.2, 0.25) is 0 Å². The van der Waals surface area contributed by atoms with E-state index in [2.05, 4.69) is 4.74 Å². The maximum Gasteiger partial charge on any atom is 0.412 e. The van der Waals surface area contributed by atoms with Gasteiger partial charge in [0, 0.05) is 5.41 Å². The number of hydrogen-bond donors (Lipinski definition) is 0. The molecule has 0 unspecified atom stereocenters. The van der Waals surface area contributed by atoms with Gasteiger partial charge in [0.15, 0.2) is 0 Å². The summed E-state index contributed by atoms with van der Waals surface area (Å²) in [4.78, 5) is 23.6. The Balaban J connectivity index is 2.90. The lowest BCUT2D eigenvalue weighted by Gasteiger charge is -2.33. The van der Waals surface area contributed by atoms with Crippen LogP contribution < -0.4 is 0 Å². The van der Waals surface area contributed by atoms with Crippen LogP contribution in [0.5, 0.6) is 0 Å². The first-order valence-electron chi connectivity index (χ1n) is 4.85. The Kier molecular flexibility index (Phi) is 3.34. The number of rotatable bonds is 1. The summed E-state index contributed by atoms with van der Waals surface area (Å²) in [7, 11) is 1.29. The Morgan fingerprint density at radius 2 is 2.13 bits per heavy atom. The molecule has 0 aromatic heterocycles. The van der Waals surface area contributed by atoms with Crippen LogP contribution in [0.4, 0.5) is 4.79 Å². The Hall–Kier alpha value is -1.10. The summed E-state index contributed by atoms with van der Waals surface area (Å²) >= 11 is 0. The van der Waals surface area contributed by atoms with E-state index in [1.54, 1.807) is 0 Å². The number of methoxy groups -OCH3 is 1. The minimum atomic E-state index is -0.540. The van der Waals surface area contributed by atoms with Gasteiger partial charge >= 0.3 is 6.09 Å². The van der Waals surface area contributed by atoms with Gasteiger partial charge in [0.25, 0.3) is 0 Å². The third-order valence-corrected chi connectivity index (χ3v) is 2.32. The molecule has 0 radical (unpaired) electrons. The van der Waals surface area contributed by atoms with Gasteiger partial charge in [-0.2, -0.15) is 0 Å². The van der Waals surface area contributed by atoms with Crippen molar-refractivity contribution < 1.29 is 19.1 Å². The first kappa shape index (κ1) is 12.0. The van der Waals surface area contributed by atoms with Gasteiger partial charge < -0.3 is 14.3 Å². The van der Waals surface area contributed by atoms with Crippen molar-refractivity contribution in [1.82, 2.24) is 4.90 Å². The Morgan fingerprint density at radius 3 is 2.53 bits per heavy atom. The summed E-state index contributed by atoms with van der Waals surface area (Å²) < 4.78 is 10.1. The van der Waals surface area contributed by atoms with Gasteiger partial charge in [-0.15, -0.1) is 0 Å². The molecule has 0 spiro atoms. The number of nitrogens with zero attached hydrogens (tertiary/aromatic N) is 1. The molecular weight excluding hydrogens is 198 g/mol. The van der Waals surface area contributed by atoms with Crippen LogP contribution in [-0.4, -0.2) is 43.3 Å². The second-order valence-corrected chi connectivity index (χ2v) is 4.63. The molecule has 0 aliphatic carbocycles. The summed E-state index contributed by atoms with van der Waals surface area (Å²) in [5, 5.41) is 0. The van der Waals surface area contributed by atoms with Crippen molar-refractivity contribution in [1.29, 1.82) is 0 Å². The second-order valence-electron chi connectivity index (χ2n) is 4.63. The van der Waals surface area contributed by atoms with E-state index in [4.69, 9.17) is 4.74 Å². The number of carbonyl (C=O) groups excluding carboxylic acids is 2. The molecule has 86 valence electrons.